The largest absolute Gasteiger partial charge is 0.360 e. The summed E-state index contributed by atoms with van der Waals surface area (Å²) in [6, 6.07) is 6.28. The van der Waals surface area contributed by atoms with E-state index in [1.54, 1.807) is 0 Å². The van der Waals surface area contributed by atoms with Crippen LogP contribution in [0, 0.1) is 24.7 Å². The van der Waals surface area contributed by atoms with Crippen molar-refractivity contribution in [3.05, 3.63) is 35.5 Å². The Morgan fingerprint density at radius 3 is 2.95 bits per heavy atom. The van der Waals surface area contributed by atoms with Gasteiger partial charge in [-0.2, -0.15) is 0 Å². The highest BCUT2D eigenvalue weighted by molar-refractivity contribution is 6.08. The second-order valence-corrected chi connectivity index (χ2v) is 6.81. The molecule has 1 aromatic heterocycles. The molecule has 1 N–H and O–H groups in total. The lowest BCUT2D eigenvalue weighted by atomic mass is 9.84. The van der Waals surface area contributed by atoms with Crippen LogP contribution in [0.5, 0.6) is 0 Å². The molecule has 4 rings (SSSR count). The maximum absolute atomic E-state index is 12.6. The summed E-state index contributed by atoms with van der Waals surface area (Å²) >= 11 is 0. The molecule has 2 nitrogen and oxygen atoms in total. The molecule has 2 saturated carbocycles. The zero-order valence-corrected chi connectivity index (χ0v) is 12.0. The van der Waals surface area contributed by atoms with Gasteiger partial charge in [0, 0.05) is 29.1 Å². The number of carbonyl (C=O) groups excluding carboxylic acids is 1. The van der Waals surface area contributed by atoms with Crippen molar-refractivity contribution in [2.24, 2.45) is 17.8 Å². The maximum atomic E-state index is 12.6. The third-order valence-electron chi connectivity index (χ3n) is 5.47. The van der Waals surface area contributed by atoms with Crippen molar-refractivity contribution in [1.82, 2.24) is 4.98 Å². The second kappa shape index (κ2) is 4.47. The molecular weight excluding hydrogens is 246 g/mol. The van der Waals surface area contributed by atoms with Crippen LogP contribution in [0.3, 0.4) is 0 Å². The number of hydrogen-bond acceptors (Lipinski definition) is 1. The van der Waals surface area contributed by atoms with Gasteiger partial charge in [0.15, 0.2) is 5.78 Å². The molecule has 2 aromatic rings. The SMILES string of the molecule is Cc1ccc2c(C(=O)CC3CC4CCC3C4)c[nH]c2c1. The van der Waals surface area contributed by atoms with Crippen LogP contribution in [0.15, 0.2) is 24.4 Å². The molecule has 20 heavy (non-hydrogen) atoms. The van der Waals surface area contributed by atoms with Crippen molar-refractivity contribution in [3.63, 3.8) is 0 Å². The lowest BCUT2D eigenvalue weighted by Gasteiger charge is -2.20. The Bertz CT molecular complexity index is 669. The highest BCUT2D eigenvalue weighted by Crippen LogP contribution is 2.49. The number of ketones is 1. The van der Waals surface area contributed by atoms with Crippen LogP contribution < -0.4 is 0 Å². The first-order chi connectivity index (χ1) is 9.70. The van der Waals surface area contributed by atoms with Crippen molar-refractivity contribution in [2.75, 3.05) is 0 Å². The van der Waals surface area contributed by atoms with Crippen molar-refractivity contribution < 1.29 is 4.79 Å². The fourth-order valence-electron chi connectivity index (χ4n) is 4.45. The number of H-pyrrole nitrogens is 1. The summed E-state index contributed by atoms with van der Waals surface area (Å²) in [7, 11) is 0. The topological polar surface area (TPSA) is 32.9 Å². The Morgan fingerprint density at radius 2 is 2.20 bits per heavy atom. The van der Waals surface area contributed by atoms with Gasteiger partial charge in [-0.15, -0.1) is 0 Å². The number of aromatic amines is 1. The van der Waals surface area contributed by atoms with E-state index in [1.165, 1.54) is 31.2 Å². The summed E-state index contributed by atoms with van der Waals surface area (Å²) in [5.41, 5.74) is 3.20. The molecule has 2 fully saturated rings. The van der Waals surface area contributed by atoms with Crippen molar-refractivity contribution in [2.45, 2.75) is 39.0 Å². The number of aryl methyl sites for hydroxylation is 1. The van der Waals surface area contributed by atoms with Gasteiger partial charge in [0.05, 0.1) is 0 Å². The number of benzene rings is 1. The van der Waals surface area contributed by atoms with Crippen LogP contribution in [-0.4, -0.2) is 10.8 Å². The second-order valence-electron chi connectivity index (χ2n) is 6.81. The number of aromatic nitrogens is 1. The van der Waals surface area contributed by atoms with Gasteiger partial charge in [-0.3, -0.25) is 4.79 Å². The molecule has 0 amide bonds. The van der Waals surface area contributed by atoms with Crippen LogP contribution in [-0.2, 0) is 0 Å². The summed E-state index contributed by atoms with van der Waals surface area (Å²) in [5, 5.41) is 1.09. The number of rotatable bonds is 3. The standard InChI is InChI=1S/C18H21NO/c1-11-2-5-15-16(10-19-17(15)6-11)18(20)9-14-8-12-3-4-13(14)7-12/h2,5-6,10,12-14,19H,3-4,7-9H2,1H3. The third-order valence-corrected chi connectivity index (χ3v) is 5.47. The number of nitrogens with one attached hydrogen (secondary N) is 1. The number of hydrogen-bond donors (Lipinski definition) is 1. The quantitative estimate of drug-likeness (QED) is 0.817. The lowest BCUT2D eigenvalue weighted by molar-refractivity contribution is 0.0946. The lowest BCUT2D eigenvalue weighted by Crippen LogP contribution is -2.15. The van der Waals surface area contributed by atoms with E-state index in [2.05, 4.69) is 30.1 Å². The van der Waals surface area contributed by atoms with E-state index in [0.717, 1.165) is 34.7 Å². The summed E-state index contributed by atoms with van der Waals surface area (Å²) in [6.45, 7) is 2.08. The number of fused-ring (bicyclic) bond motifs is 3. The Kier molecular flexibility index (Phi) is 2.73. The smallest absolute Gasteiger partial charge is 0.165 e. The first-order valence-electron chi connectivity index (χ1n) is 7.81. The van der Waals surface area contributed by atoms with Gasteiger partial charge < -0.3 is 4.98 Å². The highest BCUT2D eigenvalue weighted by atomic mass is 16.1. The first-order valence-corrected chi connectivity index (χ1v) is 7.81. The average molecular weight is 267 g/mol. The summed E-state index contributed by atoms with van der Waals surface area (Å²) < 4.78 is 0. The zero-order chi connectivity index (χ0) is 13.7. The van der Waals surface area contributed by atoms with Crippen LogP contribution in [0.2, 0.25) is 0 Å². The molecule has 2 bridgehead atoms. The van der Waals surface area contributed by atoms with Crippen molar-refractivity contribution in [3.8, 4) is 0 Å². The molecule has 1 aromatic carbocycles. The van der Waals surface area contributed by atoms with Gasteiger partial charge in [-0.1, -0.05) is 18.6 Å². The number of Topliss-reactive ketones (excluding diaryl/α,β-unsaturated/α-hetero) is 1. The minimum absolute atomic E-state index is 0.331. The predicted octanol–water partition coefficient (Wildman–Crippen LogP) is 4.49. The Hall–Kier alpha value is -1.57. The molecule has 2 aliphatic rings. The molecule has 1 heterocycles. The number of carbonyl (C=O) groups is 1. The van der Waals surface area contributed by atoms with Gasteiger partial charge in [0.2, 0.25) is 0 Å². The molecule has 3 atom stereocenters. The minimum Gasteiger partial charge on any atom is -0.360 e. The van der Waals surface area contributed by atoms with Crippen LogP contribution in [0.4, 0.5) is 0 Å². The van der Waals surface area contributed by atoms with E-state index < -0.39 is 0 Å². The van der Waals surface area contributed by atoms with Gasteiger partial charge in [0.1, 0.15) is 0 Å². The van der Waals surface area contributed by atoms with E-state index in [9.17, 15) is 4.79 Å². The van der Waals surface area contributed by atoms with Gasteiger partial charge in [-0.25, -0.2) is 0 Å². The van der Waals surface area contributed by atoms with E-state index in [1.807, 2.05) is 6.20 Å². The van der Waals surface area contributed by atoms with Crippen molar-refractivity contribution in [1.29, 1.82) is 0 Å². The Morgan fingerprint density at radius 1 is 1.30 bits per heavy atom. The van der Waals surface area contributed by atoms with Crippen LogP contribution in [0.1, 0.15) is 48.0 Å². The first kappa shape index (κ1) is 12.2. The molecule has 0 saturated heterocycles. The molecule has 2 aliphatic carbocycles. The third kappa shape index (κ3) is 1.90. The monoisotopic (exact) mass is 267 g/mol. The van der Waals surface area contributed by atoms with E-state index in [-0.39, 0.29) is 0 Å². The average Bonchev–Trinajstić information content (AvgIpc) is 3.11. The molecule has 0 radical (unpaired) electrons. The van der Waals surface area contributed by atoms with Gasteiger partial charge >= 0.3 is 0 Å². The maximum Gasteiger partial charge on any atom is 0.165 e. The van der Waals surface area contributed by atoms with Crippen LogP contribution in [0.25, 0.3) is 10.9 Å². The molecular formula is C18H21NO. The van der Waals surface area contributed by atoms with E-state index >= 15 is 0 Å². The molecule has 3 unspecified atom stereocenters. The zero-order valence-electron chi connectivity index (χ0n) is 12.0. The summed E-state index contributed by atoms with van der Waals surface area (Å²) in [4.78, 5) is 15.9. The fourth-order valence-corrected chi connectivity index (χ4v) is 4.45. The fraction of sp³-hybridized carbons (Fsp3) is 0.500. The highest BCUT2D eigenvalue weighted by Gasteiger charge is 2.40. The molecule has 0 spiro atoms. The predicted molar refractivity (Wildman–Crippen MR) is 80.9 cm³/mol. The summed E-state index contributed by atoms with van der Waals surface area (Å²) in [5.74, 6) is 2.73. The Balaban J connectivity index is 1.58. The minimum atomic E-state index is 0.331. The van der Waals surface area contributed by atoms with Gasteiger partial charge in [0.25, 0.3) is 0 Å². The van der Waals surface area contributed by atoms with Crippen molar-refractivity contribution >= 4 is 16.7 Å². The normalized spacial score (nSPS) is 28.4. The molecule has 0 aliphatic heterocycles. The molecule has 104 valence electrons. The van der Waals surface area contributed by atoms with Crippen LogP contribution >= 0.6 is 0 Å². The van der Waals surface area contributed by atoms with E-state index in [0.29, 0.717) is 11.7 Å². The summed E-state index contributed by atoms with van der Waals surface area (Å²) in [6.07, 6.45) is 8.09. The molecule has 2 heteroatoms. The van der Waals surface area contributed by atoms with Gasteiger partial charge in [-0.05, 0) is 55.6 Å². The Labute approximate surface area is 119 Å². The van der Waals surface area contributed by atoms with E-state index in [4.69, 9.17) is 0 Å².